The summed E-state index contributed by atoms with van der Waals surface area (Å²) in [6.07, 6.45) is 3.68. The molecule has 0 atom stereocenters. The zero-order chi connectivity index (χ0) is 3.54. The van der Waals surface area contributed by atoms with Crippen LogP contribution in [0.4, 0.5) is 0 Å². The summed E-state index contributed by atoms with van der Waals surface area (Å²) in [7, 11) is 0. The van der Waals surface area contributed by atoms with E-state index in [0.717, 1.165) is 0 Å². The summed E-state index contributed by atoms with van der Waals surface area (Å²) in [6, 6.07) is 0. The quantitative estimate of drug-likeness (QED) is 0.451. The van der Waals surface area contributed by atoms with Gasteiger partial charge in [0.05, 0.1) is 0 Å². The van der Waals surface area contributed by atoms with Crippen LogP contribution in [0.5, 0.6) is 0 Å². The molecule has 0 spiro atoms. The summed E-state index contributed by atoms with van der Waals surface area (Å²) in [5.74, 6) is 0. The van der Waals surface area contributed by atoms with Crippen LogP contribution in [-0.2, 0) is 0 Å². The van der Waals surface area contributed by atoms with Crippen molar-refractivity contribution in [3.8, 4) is 0 Å². The molecule has 0 aliphatic carbocycles. The fourth-order valence-electron chi connectivity index (χ4n) is 0.186. The van der Waals surface area contributed by atoms with Crippen LogP contribution in [0.15, 0.2) is 16.3 Å². The molecule has 1 aliphatic rings. The summed E-state index contributed by atoms with van der Waals surface area (Å²) in [6.45, 7) is 0. The van der Waals surface area contributed by atoms with E-state index in [4.69, 9.17) is 0 Å². The topological polar surface area (TPSA) is 24.4 Å². The molecule has 0 saturated heterocycles. The van der Waals surface area contributed by atoms with E-state index < -0.39 is 0 Å². The normalized spacial score (nSPS) is 16.0. The molecule has 0 aromatic rings. The fraction of sp³-hybridized carbons (Fsp3) is 0. The molecule has 2 nitrogen and oxygen atoms in total. The second kappa shape index (κ2) is 1.35. The summed E-state index contributed by atoms with van der Waals surface area (Å²) < 4.78 is 6.92. The predicted octanol–water partition coefficient (Wildman–Crippen LogP) is -0.136. The van der Waals surface area contributed by atoms with E-state index >= 15 is 0 Å². The summed E-state index contributed by atoms with van der Waals surface area (Å²) >= 11 is -0.0972. The Labute approximate surface area is 36.8 Å². The van der Waals surface area contributed by atoms with Crippen LogP contribution >= 0.6 is 0 Å². The third kappa shape index (κ3) is 0.577. The van der Waals surface area contributed by atoms with Crippen molar-refractivity contribution in [2.45, 2.75) is 0 Å². The Morgan fingerprint density at radius 1 is 1.80 bits per heavy atom. The van der Waals surface area contributed by atoms with E-state index in [1.54, 1.807) is 6.20 Å². The van der Waals surface area contributed by atoms with Crippen molar-refractivity contribution in [2.24, 2.45) is 3.90 Å². The van der Waals surface area contributed by atoms with Crippen LogP contribution in [0.25, 0.3) is 0 Å². The first-order valence-corrected chi connectivity index (χ1v) is 3.34. The van der Waals surface area contributed by atoms with Crippen LogP contribution in [-0.4, -0.2) is 15.5 Å². The average Bonchev–Trinajstić information content (AvgIpc) is 1.76. The van der Waals surface area contributed by atoms with Crippen molar-refractivity contribution in [3.63, 3.8) is 0 Å². The van der Waals surface area contributed by atoms with E-state index in [-0.39, 0.29) is 15.5 Å². The van der Waals surface area contributed by atoms with E-state index in [1.165, 1.54) is 0 Å². The zero-order valence-corrected chi connectivity index (χ0v) is 4.70. The van der Waals surface area contributed by atoms with Gasteiger partial charge in [-0.25, -0.2) is 0 Å². The van der Waals surface area contributed by atoms with Gasteiger partial charge in [0, 0.05) is 0 Å². The minimum atomic E-state index is -0.0972. The number of nitrogens with one attached hydrogen (secondary N) is 1. The van der Waals surface area contributed by atoms with Gasteiger partial charge in [-0.15, -0.1) is 0 Å². The number of rotatable bonds is 0. The van der Waals surface area contributed by atoms with Crippen molar-refractivity contribution in [2.75, 3.05) is 0 Å². The van der Waals surface area contributed by atoms with Crippen LogP contribution in [0, 0.1) is 0 Å². The van der Waals surface area contributed by atoms with Crippen LogP contribution in [0.2, 0.25) is 0 Å². The first-order chi connectivity index (χ1) is 2.50. The molecule has 0 amide bonds. The zero-order valence-electron chi connectivity index (χ0n) is 2.60. The molecule has 0 unspecified atom stereocenters. The molecule has 0 aromatic heterocycles. The molecule has 5 heavy (non-hydrogen) atoms. The van der Waals surface area contributed by atoms with Gasteiger partial charge in [-0.2, -0.15) is 0 Å². The Balaban J connectivity index is 2.61. The SMILES string of the molecule is C1=C[NH][Ge]=[N]1. The average molecular weight is 128 g/mol. The molecule has 1 N–H and O–H groups in total. The Hall–Kier alpha value is -0.117. The van der Waals surface area contributed by atoms with Gasteiger partial charge in [-0.3, -0.25) is 0 Å². The maximum atomic E-state index is 3.92. The molecule has 0 bridgehead atoms. The van der Waals surface area contributed by atoms with E-state index in [9.17, 15) is 0 Å². The van der Waals surface area contributed by atoms with Gasteiger partial charge in [0.15, 0.2) is 0 Å². The standard InChI is InChI=1S/C2H3GeN2/c1-2-5-3-4-1/h1-2,4H. The molecule has 1 aliphatic heterocycles. The Morgan fingerprint density at radius 2 is 2.80 bits per heavy atom. The Bertz CT molecular complexity index is 65.7. The molecule has 25 valence electrons. The molecule has 1 rings (SSSR count). The van der Waals surface area contributed by atoms with Crippen molar-refractivity contribution in [1.29, 1.82) is 0 Å². The molecule has 0 fully saturated rings. The second-order valence-electron chi connectivity index (χ2n) is 0.701. The first kappa shape index (κ1) is 3.09. The van der Waals surface area contributed by atoms with Gasteiger partial charge in [0.2, 0.25) is 0 Å². The summed E-state index contributed by atoms with van der Waals surface area (Å²) in [5, 5.41) is 0. The Morgan fingerprint density at radius 3 is 3.00 bits per heavy atom. The molecule has 0 aromatic carbocycles. The van der Waals surface area contributed by atoms with E-state index in [0.29, 0.717) is 0 Å². The third-order valence-electron chi connectivity index (χ3n) is 0.362. The summed E-state index contributed by atoms with van der Waals surface area (Å²) in [4.78, 5) is 0. The summed E-state index contributed by atoms with van der Waals surface area (Å²) in [5.41, 5.74) is 0. The molecule has 1 heterocycles. The van der Waals surface area contributed by atoms with Crippen molar-refractivity contribution >= 4 is 15.5 Å². The van der Waals surface area contributed by atoms with Gasteiger partial charge in [-0.1, -0.05) is 0 Å². The second-order valence-corrected chi connectivity index (χ2v) is 2.32. The molecule has 0 saturated carbocycles. The number of nitrogens with zero attached hydrogens (tertiary/aromatic N) is 1. The Kier molecular flexibility index (Phi) is 0.836. The fourth-order valence-corrected chi connectivity index (χ4v) is 0.968. The number of hydrogen-bond donors (Lipinski definition) is 1. The van der Waals surface area contributed by atoms with Crippen LogP contribution in [0.1, 0.15) is 0 Å². The van der Waals surface area contributed by atoms with Crippen LogP contribution in [0.3, 0.4) is 0 Å². The predicted molar refractivity (Wildman–Crippen MR) is 20.5 cm³/mol. The minimum absolute atomic E-state index is 0.0972. The molecule has 1 radical (unpaired) electrons. The molecule has 3 heteroatoms. The number of hydrogen-bond acceptors (Lipinski definition) is 2. The van der Waals surface area contributed by atoms with Crippen LogP contribution < -0.4 is 4.27 Å². The first-order valence-electron chi connectivity index (χ1n) is 1.35. The van der Waals surface area contributed by atoms with E-state index in [2.05, 4.69) is 8.18 Å². The van der Waals surface area contributed by atoms with Crippen molar-refractivity contribution in [3.05, 3.63) is 12.4 Å². The third-order valence-corrected chi connectivity index (χ3v) is 1.57. The van der Waals surface area contributed by atoms with Crippen molar-refractivity contribution in [1.82, 2.24) is 4.27 Å². The molecular formula is C2H3GeN2. The van der Waals surface area contributed by atoms with Gasteiger partial charge in [0.1, 0.15) is 0 Å². The monoisotopic (exact) mass is 129 g/mol. The van der Waals surface area contributed by atoms with Gasteiger partial charge in [0.25, 0.3) is 0 Å². The van der Waals surface area contributed by atoms with Gasteiger partial charge < -0.3 is 0 Å². The maximum absolute atomic E-state index is 3.92. The van der Waals surface area contributed by atoms with E-state index in [1.807, 2.05) is 6.20 Å². The van der Waals surface area contributed by atoms with Gasteiger partial charge in [-0.05, 0) is 0 Å². The molecular weight excluding hydrogens is 125 g/mol. The van der Waals surface area contributed by atoms with Crippen molar-refractivity contribution < 1.29 is 0 Å². The van der Waals surface area contributed by atoms with Gasteiger partial charge >= 0.3 is 36.0 Å².